The van der Waals surface area contributed by atoms with Crippen LogP contribution >= 0.6 is 15.9 Å². The van der Waals surface area contributed by atoms with Gasteiger partial charge in [-0.2, -0.15) is 0 Å². The Kier molecular flexibility index (Phi) is 5.30. The molecule has 0 rings (SSSR count). The van der Waals surface area contributed by atoms with E-state index in [4.69, 9.17) is 4.74 Å². The second-order valence-electron chi connectivity index (χ2n) is 1.99. The van der Waals surface area contributed by atoms with Crippen molar-refractivity contribution in [2.24, 2.45) is 0 Å². The van der Waals surface area contributed by atoms with Crippen molar-refractivity contribution >= 4 is 21.9 Å². The largest absolute Gasteiger partial charge is 0.461 e. The Morgan fingerprint density at radius 2 is 2.20 bits per heavy atom. The topological polar surface area (TPSA) is 26.3 Å². The number of hydrogen-bond acceptors (Lipinski definition) is 2. The average molecular weight is 207 g/mol. The number of hydrogen-bond donors (Lipinski definition) is 0. The summed E-state index contributed by atoms with van der Waals surface area (Å²) in [6, 6.07) is 0. The standard InChI is InChI=1S/C7H11BrO2/c1-6(3-4-8)5-10-7(2)9/h3H,4-5H2,1-2H3/b6-3+. The fourth-order valence-corrected chi connectivity index (χ4v) is 0.959. The Bertz CT molecular complexity index is 141. The van der Waals surface area contributed by atoms with Gasteiger partial charge in [-0.15, -0.1) is 0 Å². The van der Waals surface area contributed by atoms with E-state index in [1.165, 1.54) is 6.92 Å². The van der Waals surface area contributed by atoms with Gasteiger partial charge in [0.05, 0.1) is 0 Å². The molecule has 0 bridgehead atoms. The summed E-state index contributed by atoms with van der Waals surface area (Å²) < 4.78 is 4.73. The van der Waals surface area contributed by atoms with Crippen molar-refractivity contribution < 1.29 is 9.53 Å². The summed E-state index contributed by atoms with van der Waals surface area (Å²) in [5.74, 6) is -0.234. The molecule has 0 aromatic heterocycles. The van der Waals surface area contributed by atoms with Gasteiger partial charge in [-0.1, -0.05) is 22.0 Å². The molecule has 3 heteroatoms. The summed E-state index contributed by atoms with van der Waals surface area (Å²) in [7, 11) is 0. The van der Waals surface area contributed by atoms with E-state index in [-0.39, 0.29) is 5.97 Å². The summed E-state index contributed by atoms with van der Waals surface area (Å²) in [6.45, 7) is 3.73. The van der Waals surface area contributed by atoms with Gasteiger partial charge in [0.25, 0.3) is 0 Å². The van der Waals surface area contributed by atoms with Crippen molar-refractivity contribution in [1.29, 1.82) is 0 Å². The maximum atomic E-state index is 10.3. The molecule has 0 saturated heterocycles. The van der Waals surface area contributed by atoms with Crippen LogP contribution in [0.15, 0.2) is 11.6 Å². The number of halogens is 1. The molecular formula is C7H11BrO2. The molecule has 0 N–H and O–H groups in total. The highest BCUT2D eigenvalue weighted by Crippen LogP contribution is 1.95. The smallest absolute Gasteiger partial charge is 0.302 e. The van der Waals surface area contributed by atoms with Crippen LogP contribution in [0.4, 0.5) is 0 Å². The lowest BCUT2D eigenvalue weighted by atomic mass is 10.3. The molecule has 0 radical (unpaired) electrons. The van der Waals surface area contributed by atoms with Gasteiger partial charge in [0.15, 0.2) is 0 Å². The molecule has 0 amide bonds. The third-order valence-electron chi connectivity index (χ3n) is 0.929. The molecule has 0 aliphatic carbocycles. The van der Waals surface area contributed by atoms with E-state index in [1.807, 2.05) is 13.0 Å². The minimum atomic E-state index is -0.234. The van der Waals surface area contributed by atoms with Crippen molar-refractivity contribution in [3.63, 3.8) is 0 Å². The van der Waals surface area contributed by atoms with Crippen LogP contribution in [-0.4, -0.2) is 17.9 Å². The highest BCUT2D eigenvalue weighted by molar-refractivity contribution is 9.09. The summed E-state index contributed by atoms with van der Waals surface area (Å²) in [5, 5.41) is 0.806. The van der Waals surface area contributed by atoms with E-state index in [0.717, 1.165) is 10.9 Å². The second-order valence-corrected chi connectivity index (χ2v) is 2.63. The maximum Gasteiger partial charge on any atom is 0.302 e. The van der Waals surface area contributed by atoms with Gasteiger partial charge in [-0.05, 0) is 12.5 Å². The summed E-state index contributed by atoms with van der Waals surface area (Å²) in [5.41, 5.74) is 1.06. The van der Waals surface area contributed by atoms with Crippen molar-refractivity contribution in [2.45, 2.75) is 13.8 Å². The minimum Gasteiger partial charge on any atom is -0.461 e. The minimum absolute atomic E-state index is 0.234. The summed E-state index contributed by atoms with van der Waals surface area (Å²) >= 11 is 3.24. The quantitative estimate of drug-likeness (QED) is 0.401. The predicted molar refractivity (Wildman–Crippen MR) is 44.2 cm³/mol. The first kappa shape index (κ1) is 9.69. The van der Waals surface area contributed by atoms with Gasteiger partial charge >= 0.3 is 5.97 Å². The fourth-order valence-electron chi connectivity index (χ4n) is 0.406. The molecule has 2 nitrogen and oxygen atoms in total. The lowest BCUT2D eigenvalue weighted by Gasteiger charge is -1.99. The third-order valence-corrected chi connectivity index (χ3v) is 1.25. The van der Waals surface area contributed by atoms with Crippen LogP contribution in [0, 0.1) is 0 Å². The molecule has 0 atom stereocenters. The molecule has 0 fully saturated rings. The van der Waals surface area contributed by atoms with Crippen molar-refractivity contribution in [3.8, 4) is 0 Å². The molecule has 0 aromatic carbocycles. The van der Waals surface area contributed by atoms with E-state index in [2.05, 4.69) is 15.9 Å². The van der Waals surface area contributed by atoms with Gasteiger partial charge in [0.2, 0.25) is 0 Å². The fraction of sp³-hybridized carbons (Fsp3) is 0.571. The monoisotopic (exact) mass is 206 g/mol. The summed E-state index contributed by atoms with van der Waals surface area (Å²) in [4.78, 5) is 10.3. The molecule has 10 heavy (non-hydrogen) atoms. The van der Waals surface area contributed by atoms with Crippen LogP contribution in [0.1, 0.15) is 13.8 Å². The predicted octanol–water partition coefficient (Wildman–Crippen LogP) is 1.89. The van der Waals surface area contributed by atoms with Gasteiger partial charge < -0.3 is 4.74 Å². The number of carbonyl (C=O) groups excluding carboxylic acids is 1. The van der Waals surface area contributed by atoms with Crippen molar-refractivity contribution in [3.05, 3.63) is 11.6 Å². The van der Waals surface area contributed by atoms with E-state index in [0.29, 0.717) is 6.61 Å². The van der Waals surface area contributed by atoms with Crippen LogP contribution < -0.4 is 0 Å². The normalized spacial score (nSPS) is 11.3. The molecule has 0 aliphatic heterocycles. The van der Waals surface area contributed by atoms with Crippen molar-refractivity contribution in [1.82, 2.24) is 0 Å². The molecule has 0 aromatic rings. The average Bonchev–Trinajstić information content (AvgIpc) is 1.85. The zero-order chi connectivity index (χ0) is 7.98. The Labute approximate surface area is 69.4 Å². The van der Waals surface area contributed by atoms with Gasteiger partial charge in [0.1, 0.15) is 6.61 Å². The van der Waals surface area contributed by atoms with Gasteiger partial charge in [0, 0.05) is 12.3 Å². The number of rotatable bonds is 3. The number of ether oxygens (including phenoxy) is 1. The highest BCUT2D eigenvalue weighted by atomic mass is 79.9. The van der Waals surface area contributed by atoms with E-state index < -0.39 is 0 Å². The van der Waals surface area contributed by atoms with Crippen LogP contribution in [0.2, 0.25) is 0 Å². The van der Waals surface area contributed by atoms with Gasteiger partial charge in [-0.25, -0.2) is 0 Å². The molecule has 0 spiro atoms. The van der Waals surface area contributed by atoms with E-state index in [9.17, 15) is 4.79 Å². The number of esters is 1. The molecule has 58 valence electrons. The molecule has 0 heterocycles. The third kappa shape index (κ3) is 5.82. The zero-order valence-electron chi connectivity index (χ0n) is 6.19. The first-order valence-corrected chi connectivity index (χ1v) is 4.14. The first-order valence-electron chi connectivity index (χ1n) is 3.01. The number of allylic oxidation sites excluding steroid dienone is 1. The van der Waals surface area contributed by atoms with Crippen LogP contribution in [0.25, 0.3) is 0 Å². The second kappa shape index (κ2) is 5.47. The number of carbonyl (C=O) groups is 1. The highest BCUT2D eigenvalue weighted by Gasteiger charge is 1.92. The Morgan fingerprint density at radius 1 is 1.60 bits per heavy atom. The Hall–Kier alpha value is -0.310. The van der Waals surface area contributed by atoms with E-state index in [1.54, 1.807) is 0 Å². The molecule has 0 aliphatic rings. The maximum absolute atomic E-state index is 10.3. The van der Waals surface area contributed by atoms with Gasteiger partial charge in [-0.3, -0.25) is 4.79 Å². The first-order chi connectivity index (χ1) is 4.66. The number of alkyl halides is 1. The Morgan fingerprint density at radius 3 is 2.60 bits per heavy atom. The van der Waals surface area contributed by atoms with E-state index >= 15 is 0 Å². The SMILES string of the molecule is CC(=O)OC/C(C)=C/CBr. The molecule has 0 saturated carbocycles. The zero-order valence-corrected chi connectivity index (χ0v) is 7.77. The van der Waals surface area contributed by atoms with Crippen LogP contribution in [0.3, 0.4) is 0 Å². The Balaban J connectivity index is 3.48. The van der Waals surface area contributed by atoms with Crippen LogP contribution in [0.5, 0.6) is 0 Å². The molecular weight excluding hydrogens is 196 g/mol. The van der Waals surface area contributed by atoms with Crippen LogP contribution in [-0.2, 0) is 9.53 Å². The molecule has 0 unspecified atom stereocenters. The lowest BCUT2D eigenvalue weighted by molar-refractivity contribution is -0.139. The lowest BCUT2D eigenvalue weighted by Crippen LogP contribution is -2.01. The van der Waals surface area contributed by atoms with Crippen molar-refractivity contribution in [2.75, 3.05) is 11.9 Å². The summed E-state index contributed by atoms with van der Waals surface area (Å²) in [6.07, 6.45) is 1.96.